The molecule has 0 aliphatic heterocycles. The monoisotopic (exact) mass is 166 g/mol. The van der Waals surface area contributed by atoms with E-state index in [0.717, 1.165) is 6.42 Å². The van der Waals surface area contributed by atoms with Gasteiger partial charge in [0.25, 0.3) is 0 Å². The summed E-state index contributed by atoms with van der Waals surface area (Å²) in [7, 11) is 0. The van der Waals surface area contributed by atoms with Crippen molar-refractivity contribution in [3.63, 3.8) is 0 Å². The first-order chi connectivity index (χ1) is 5.61. The number of Topliss-reactive ketones (excluding diaryl/α,β-unsaturated/α-hetero) is 1. The van der Waals surface area contributed by atoms with Crippen molar-refractivity contribution < 1.29 is 9.90 Å². The molecule has 0 radical (unpaired) electrons. The molecule has 1 fully saturated rings. The van der Waals surface area contributed by atoms with Crippen molar-refractivity contribution >= 4 is 5.78 Å². The van der Waals surface area contributed by atoms with Gasteiger partial charge in [-0.2, -0.15) is 0 Å². The molecule has 1 aliphatic carbocycles. The number of aliphatic hydroxyl groups is 1. The number of carbonyl (C=O) groups excluding carboxylic acids is 1. The quantitative estimate of drug-likeness (QED) is 0.593. The molecular formula is C10H14O2. The number of hydrogen-bond donors (Lipinski definition) is 1. The zero-order chi connectivity index (χ0) is 9.19. The first kappa shape index (κ1) is 9.28. The summed E-state index contributed by atoms with van der Waals surface area (Å²) in [6, 6.07) is 0. The Balaban J connectivity index is 2.81. The number of rotatable bonds is 1. The topological polar surface area (TPSA) is 37.3 Å². The van der Waals surface area contributed by atoms with E-state index < -0.39 is 11.5 Å². The van der Waals surface area contributed by atoms with Crippen molar-refractivity contribution in [2.24, 2.45) is 5.41 Å². The van der Waals surface area contributed by atoms with Gasteiger partial charge in [-0.05, 0) is 19.8 Å². The van der Waals surface area contributed by atoms with Gasteiger partial charge in [-0.3, -0.25) is 4.79 Å². The second-order valence-electron chi connectivity index (χ2n) is 3.63. The molecule has 1 aliphatic rings. The van der Waals surface area contributed by atoms with E-state index in [1.54, 1.807) is 6.92 Å². The van der Waals surface area contributed by atoms with E-state index in [1.165, 1.54) is 0 Å². The highest BCUT2D eigenvalue weighted by Gasteiger charge is 2.41. The van der Waals surface area contributed by atoms with Crippen LogP contribution in [0.5, 0.6) is 0 Å². The molecule has 0 bridgehead atoms. The smallest absolute Gasteiger partial charge is 0.142 e. The van der Waals surface area contributed by atoms with Crippen molar-refractivity contribution in [1.82, 2.24) is 0 Å². The highest BCUT2D eigenvalue weighted by molar-refractivity contribution is 5.86. The van der Waals surface area contributed by atoms with Gasteiger partial charge >= 0.3 is 0 Å². The van der Waals surface area contributed by atoms with E-state index in [2.05, 4.69) is 5.92 Å². The number of hydrogen-bond acceptors (Lipinski definition) is 2. The van der Waals surface area contributed by atoms with Crippen molar-refractivity contribution in [2.75, 3.05) is 0 Å². The Morgan fingerprint density at radius 1 is 1.83 bits per heavy atom. The van der Waals surface area contributed by atoms with Crippen molar-refractivity contribution in [1.29, 1.82) is 0 Å². The molecule has 1 rings (SSSR count). The predicted octanol–water partition coefficient (Wildman–Crippen LogP) is 1.13. The summed E-state index contributed by atoms with van der Waals surface area (Å²) in [4.78, 5) is 11.5. The van der Waals surface area contributed by atoms with Gasteiger partial charge in [0.1, 0.15) is 5.78 Å². The van der Waals surface area contributed by atoms with E-state index in [4.69, 9.17) is 6.42 Å². The maximum absolute atomic E-state index is 11.5. The third kappa shape index (κ3) is 1.37. The van der Waals surface area contributed by atoms with E-state index in [1.807, 2.05) is 0 Å². The summed E-state index contributed by atoms with van der Waals surface area (Å²) in [5.41, 5.74) is -0.674. The van der Waals surface area contributed by atoms with Crippen LogP contribution in [0.25, 0.3) is 0 Å². The Labute approximate surface area is 73.0 Å². The fourth-order valence-electron chi connectivity index (χ4n) is 1.67. The lowest BCUT2D eigenvalue weighted by Gasteiger charge is -2.35. The molecule has 0 amide bonds. The van der Waals surface area contributed by atoms with Gasteiger partial charge in [-0.1, -0.05) is 0 Å². The molecular weight excluding hydrogens is 152 g/mol. The summed E-state index contributed by atoms with van der Waals surface area (Å²) in [5, 5.41) is 9.61. The Morgan fingerprint density at radius 2 is 2.50 bits per heavy atom. The Bertz CT molecular complexity index is 226. The van der Waals surface area contributed by atoms with Crippen LogP contribution in [0.1, 0.15) is 32.6 Å². The maximum Gasteiger partial charge on any atom is 0.142 e. The van der Waals surface area contributed by atoms with Crippen LogP contribution in [0, 0.1) is 17.8 Å². The molecule has 12 heavy (non-hydrogen) atoms. The summed E-state index contributed by atoms with van der Waals surface area (Å²) in [6.45, 7) is 1.76. The van der Waals surface area contributed by atoms with Crippen LogP contribution in [-0.4, -0.2) is 17.0 Å². The van der Waals surface area contributed by atoms with Crippen molar-refractivity contribution in [3.05, 3.63) is 0 Å². The number of terminal acetylenes is 1. The molecule has 66 valence electrons. The molecule has 0 heterocycles. The second-order valence-corrected chi connectivity index (χ2v) is 3.63. The molecule has 2 heteroatoms. The second kappa shape index (κ2) is 3.28. The van der Waals surface area contributed by atoms with Crippen molar-refractivity contribution in [2.45, 2.75) is 38.7 Å². The highest BCUT2D eigenvalue weighted by atomic mass is 16.3. The highest BCUT2D eigenvalue weighted by Crippen LogP contribution is 2.35. The lowest BCUT2D eigenvalue weighted by molar-refractivity contribution is -0.138. The van der Waals surface area contributed by atoms with Crippen LogP contribution in [0.4, 0.5) is 0 Å². The molecule has 0 unspecified atom stereocenters. The number of aliphatic hydroxyl groups excluding tert-OH is 1. The fourth-order valence-corrected chi connectivity index (χ4v) is 1.67. The largest absolute Gasteiger partial charge is 0.392 e. The van der Waals surface area contributed by atoms with Crippen LogP contribution in [0.3, 0.4) is 0 Å². The van der Waals surface area contributed by atoms with Crippen LogP contribution in [0.2, 0.25) is 0 Å². The summed E-state index contributed by atoms with van der Waals surface area (Å²) >= 11 is 0. The Morgan fingerprint density at radius 3 is 3.00 bits per heavy atom. The summed E-state index contributed by atoms with van der Waals surface area (Å²) in [5.74, 6) is 2.57. The normalized spacial score (nSPS) is 36.1. The Kier molecular flexibility index (Phi) is 2.54. The van der Waals surface area contributed by atoms with E-state index in [9.17, 15) is 9.90 Å². The third-order valence-corrected chi connectivity index (χ3v) is 2.72. The van der Waals surface area contributed by atoms with Gasteiger partial charge in [0.05, 0.1) is 11.5 Å². The standard InChI is InChI=1S/C10H14O2/c1-3-7-10(2)8(11)5-4-6-9(10)12/h1,8,11H,4-7H2,2H3/t8-,10-/m0/s1. The fraction of sp³-hybridized carbons (Fsp3) is 0.700. The van der Waals surface area contributed by atoms with Gasteiger partial charge in [-0.15, -0.1) is 12.3 Å². The maximum atomic E-state index is 11.5. The summed E-state index contributed by atoms with van der Waals surface area (Å²) < 4.78 is 0. The molecule has 2 atom stereocenters. The van der Waals surface area contributed by atoms with Crippen LogP contribution in [0.15, 0.2) is 0 Å². The molecule has 0 spiro atoms. The molecule has 2 nitrogen and oxygen atoms in total. The average molecular weight is 166 g/mol. The molecule has 1 saturated carbocycles. The zero-order valence-corrected chi connectivity index (χ0v) is 7.34. The lowest BCUT2D eigenvalue weighted by atomic mass is 9.70. The van der Waals surface area contributed by atoms with E-state index >= 15 is 0 Å². The van der Waals surface area contributed by atoms with E-state index in [0.29, 0.717) is 19.3 Å². The van der Waals surface area contributed by atoms with Gasteiger partial charge in [0.15, 0.2) is 0 Å². The minimum absolute atomic E-state index is 0.110. The van der Waals surface area contributed by atoms with Gasteiger partial charge in [-0.25, -0.2) is 0 Å². The lowest BCUT2D eigenvalue weighted by Crippen LogP contribution is -2.42. The minimum Gasteiger partial charge on any atom is -0.392 e. The van der Waals surface area contributed by atoms with Crippen LogP contribution in [-0.2, 0) is 4.79 Å². The molecule has 0 saturated heterocycles. The SMILES string of the molecule is C#CC[C@]1(C)C(=O)CCC[C@@H]1O. The number of ketones is 1. The van der Waals surface area contributed by atoms with Gasteiger partial charge < -0.3 is 5.11 Å². The Hall–Kier alpha value is -0.810. The number of carbonyl (C=O) groups is 1. The van der Waals surface area contributed by atoms with Gasteiger partial charge in [0, 0.05) is 12.8 Å². The van der Waals surface area contributed by atoms with Crippen LogP contribution < -0.4 is 0 Å². The first-order valence-corrected chi connectivity index (χ1v) is 4.26. The molecule has 0 aromatic heterocycles. The van der Waals surface area contributed by atoms with Crippen molar-refractivity contribution in [3.8, 4) is 12.3 Å². The minimum atomic E-state index is -0.674. The molecule has 1 N–H and O–H groups in total. The van der Waals surface area contributed by atoms with Crippen LogP contribution >= 0.6 is 0 Å². The summed E-state index contributed by atoms with van der Waals surface area (Å²) in [6.07, 6.45) is 7.02. The zero-order valence-electron chi connectivity index (χ0n) is 7.34. The third-order valence-electron chi connectivity index (χ3n) is 2.72. The first-order valence-electron chi connectivity index (χ1n) is 4.26. The van der Waals surface area contributed by atoms with Gasteiger partial charge in [0.2, 0.25) is 0 Å². The molecule has 0 aromatic rings. The predicted molar refractivity (Wildman–Crippen MR) is 46.4 cm³/mol. The van der Waals surface area contributed by atoms with E-state index in [-0.39, 0.29) is 5.78 Å². The molecule has 0 aromatic carbocycles. The average Bonchev–Trinajstić information content (AvgIpc) is 2.02.